The van der Waals surface area contributed by atoms with Gasteiger partial charge in [-0.3, -0.25) is 4.21 Å². The zero-order valence-electron chi connectivity index (χ0n) is 40.5. The van der Waals surface area contributed by atoms with Crippen molar-refractivity contribution >= 4 is 43.7 Å². The molecule has 1 saturated heterocycles. The van der Waals surface area contributed by atoms with Crippen LogP contribution in [0.4, 0.5) is 11.9 Å². The van der Waals surface area contributed by atoms with Crippen molar-refractivity contribution < 1.29 is 36.4 Å². The minimum absolute atomic E-state index is 0. The Balaban J connectivity index is 0.000000273. The summed E-state index contributed by atoms with van der Waals surface area (Å²) in [5, 5.41) is 19.3. The van der Waals surface area contributed by atoms with Crippen LogP contribution in [0.25, 0.3) is 11.3 Å². The fraction of sp³-hybridized carbons (Fsp3) is 0.531. The average molecular weight is 1010 g/mol. The first-order chi connectivity index (χ1) is 31.6. The first-order valence-electron chi connectivity index (χ1n) is 23.2. The summed E-state index contributed by atoms with van der Waals surface area (Å²) >= 11 is 0. The molecule has 2 aliphatic rings. The quantitative estimate of drug-likeness (QED) is 0.0753. The second-order valence-corrected chi connectivity index (χ2v) is 21.2. The summed E-state index contributed by atoms with van der Waals surface area (Å²) in [4.78, 5) is 20.0. The molecule has 8 rings (SSSR count). The van der Waals surface area contributed by atoms with Crippen LogP contribution in [-0.2, 0) is 39.1 Å². The van der Waals surface area contributed by atoms with Crippen LogP contribution in [-0.4, -0.2) is 85.4 Å². The van der Waals surface area contributed by atoms with Gasteiger partial charge in [-0.15, -0.1) is 0 Å². The Bertz CT molecular complexity index is 2660. The summed E-state index contributed by atoms with van der Waals surface area (Å²) in [5.74, 6) is 1.59. The van der Waals surface area contributed by atoms with Crippen molar-refractivity contribution in [2.75, 3.05) is 36.2 Å². The van der Waals surface area contributed by atoms with Crippen molar-refractivity contribution in [3.05, 3.63) is 90.1 Å². The van der Waals surface area contributed by atoms with Crippen molar-refractivity contribution in [2.24, 2.45) is 0 Å². The fourth-order valence-electron chi connectivity index (χ4n) is 8.09. The fourth-order valence-corrected chi connectivity index (χ4v) is 9.97. The summed E-state index contributed by atoms with van der Waals surface area (Å²) in [6, 6.07) is 15.4. The minimum Gasteiger partial charge on any atom is -0.460 e. The van der Waals surface area contributed by atoms with Crippen molar-refractivity contribution in [1.82, 2.24) is 44.5 Å². The molecule has 2 fully saturated rings. The monoisotopic (exact) mass is 1010 g/mol. The molecule has 2 aromatic carbocycles. The summed E-state index contributed by atoms with van der Waals surface area (Å²) in [7, 11) is -3.95. The standard InChI is InChI=1S/C23H31N5O2S.C22H31N7O2S.C3H7.CH4.V/c1-15(2)19-14-24-28-21(19)26-23(30-17-10-6-5-7-11-17)27-22(28)25-16(3)18-12-8-9-13-20(18)31(4)29;1-14(2)18-13-25-29-20(18)27-22(31-16-8-7-11-24-12-16)28-21(29)26-15(3)17-9-5-6-10-19(17)32(4,23)30;1-3-2;;/h8-9,12-17H,5-7,10-11H2,1-4H3,(H,25,26,27);5-6,9-10,13-16,23-24H,7-8,11-12H2,1-4H3,(H,26,27,28);1,3H2,2H3;1H4;/q;;-1;;/t;15?,16-,32?;;;/m.1.../s1. The number of nitrogens with one attached hydrogen (secondary N) is 4. The van der Waals surface area contributed by atoms with Crippen molar-refractivity contribution in [2.45, 2.75) is 153 Å². The molecule has 68 heavy (non-hydrogen) atoms. The van der Waals surface area contributed by atoms with E-state index in [0.717, 1.165) is 78.0 Å². The Morgan fingerprint density at radius 1 is 0.765 bits per heavy atom. The van der Waals surface area contributed by atoms with E-state index in [4.69, 9.17) is 19.2 Å². The van der Waals surface area contributed by atoms with Crippen LogP contribution in [0.15, 0.2) is 70.7 Å². The summed E-state index contributed by atoms with van der Waals surface area (Å²) in [6.07, 6.45) is 15.7. The molecule has 0 amide bonds. The number of rotatable bonds is 14. The van der Waals surface area contributed by atoms with Gasteiger partial charge in [-0.25, -0.2) is 8.99 Å². The largest absolute Gasteiger partial charge is 0.460 e. The maximum Gasteiger partial charge on any atom is 0.322 e. The Kier molecular flexibility index (Phi) is 21.3. The molecule has 4 aromatic heterocycles. The maximum atomic E-state index is 12.5. The summed E-state index contributed by atoms with van der Waals surface area (Å²) in [6.45, 7) is 19.7. The van der Waals surface area contributed by atoms with Crippen LogP contribution >= 0.6 is 0 Å². The first kappa shape index (κ1) is 56.0. The Hall–Kier alpha value is -4.62. The van der Waals surface area contributed by atoms with Gasteiger partial charge in [0.1, 0.15) is 12.2 Å². The molecule has 19 heteroatoms. The normalized spacial score (nSPS) is 17.3. The SMILES string of the molecule is C.CC(C)c1cnn2c(NC(C)c3ccccc3S(C)(=N)=O)nc(O[C@@H]3CCCNC3)nc12.CC(C)c1cnn2c(NC(C)c3ccccc3S(C)=O)nc(OC3CCCCC3)nc12.[CH2-]CC.[V]. The number of hydrogen-bond acceptors (Lipinski definition) is 14. The second-order valence-electron chi connectivity index (χ2n) is 17.7. The summed E-state index contributed by atoms with van der Waals surface area (Å²) < 4.78 is 48.6. The van der Waals surface area contributed by atoms with E-state index in [1.165, 1.54) is 25.5 Å². The van der Waals surface area contributed by atoms with Crippen LogP contribution in [0.3, 0.4) is 0 Å². The van der Waals surface area contributed by atoms with Crippen LogP contribution in [0.1, 0.15) is 153 Å². The molecule has 4 unspecified atom stereocenters. The van der Waals surface area contributed by atoms with Crippen LogP contribution in [0.2, 0.25) is 0 Å². The van der Waals surface area contributed by atoms with Gasteiger partial charge in [0, 0.05) is 53.6 Å². The van der Waals surface area contributed by atoms with Crippen LogP contribution in [0, 0.1) is 11.7 Å². The predicted octanol–water partition coefficient (Wildman–Crippen LogP) is 10.3. The number of hydrogen-bond donors (Lipinski definition) is 4. The Labute approximate surface area is 418 Å². The molecular formula is C49H73N12O4S2V-. The van der Waals surface area contributed by atoms with E-state index >= 15 is 0 Å². The van der Waals surface area contributed by atoms with Gasteiger partial charge in [0.05, 0.1) is 49.9 Å². The van der Waals surface area contributed by atoms with E-state index in [0.29, 0.717) is 34.5 Å². The number of nitrogens with zero attached hydrogens (tertiary/aromatic N) is 8. The van der Waals surface area contributed by atoms with Gasteiger partial charge in [0.25, 0.3) is 0 Å². The van der Waals surface area contributed by atoms with E-state index in [9.17, 15) is 8.42 Å². The molecule has 1 radical (unpaired) electrons. The number of anilines is 2. The van der Waals surface area contributed by atoms with E-state index in [-0.39, 0.29) is 62.1 Å². The van der Waals surface area contributed by atoms with Gasteiger partial charge in [-0.2, -0.15) is 45.6 Å². The molecule has 4 N–H and O–H groups in total. The molecule has 0 spiro atoms. The van der Waals surface area contributed by atoms with Crippen LogP contribution in [0.5, 0.6) is 12.0 Å². The van der Waals surface area contributed by atoms with E-state index in [1.54, 1.807) is 27.4 Å². The summed E-state index contributed by atoms with van der Waals surface area (Å²) in [5.41, 5.74) is 5.30. The van der Waals surface area contributed by atoms with E-state index in [1.807, 2.05) is 69.6 Å². The molecule has 1 aliphatic heterocycles. The van der Waals surface area contributed by atoms with Gasteiger partial charge < -0.3 is 32.3 Å². The molecule has 6 aromatic rings. The third kappa shape index (κ3) is 14.2. The molecular weight excluding hydrogens is 936 g/mol. The zero-order valence-corrected chi connectivity index (χ0v) is 43.5. The van der Waals surface area contributed by atoms with Crippen molar-refractivity contribution in [3.8, 4) is 12.0 Å². The topological polar surface area (TPSA) is 199 Å². The van der Waals surface area contributed by atoms with Gasteiger partial charge >= 0.3 is 12.0 Å². The molecule has 1 saturated carbocycles. The van der Waals surface area contributed by atoms with E-state index < -0.39 is 20.5 Å². The van der Waals surface area contributed by atoms with E-state index in [2.05, 4.69) is 75.7 Å². The van der Waals surface area contributed by atoms with Crippen molar-refractivity contribution in [1.29, 1.82) is 4.78 Å². The Morgan fingerprint density at radius 2 is 1.24 bits per heavy atom. The first-order valence-corrected chi connectivity index (χ1v) is 26.7. The number of aromatic nitrogens is 8. The molecule has 371 valence electrons. The maximum absolute atomic E-state index is 12.5. The zero-order chi connectivity index (χ0) is 47.5. The number of fused-ring (bicyclic) bond motifs is 2. The molecule has 5 heterocycles. The third-order valence-electron chi connectivity index (χ3n) is 11.5. The average Bonchev–Trinajstić information content (AvgIpc) is 3.93. The van der Waals surface area contributed by atoms with Gasteiger partial charge in [0.2, 0.25) is 11.9 Å². The molecule has 1 aliphatic carbocycles. The smallest absolute Gasteiger partial charge is 0.322 e. The van der Waals surface area contributed by atoms with Crippen molar-refractivity contribution in [3.63, 3.8) is 0 Å². The van der Waals surface area contributed by atoms with Gasteiger partial charge in [-0.1, -0.05) is 84.9 Å². The number of ether oxygens (including phenoxy) is 2. The number of piperidine rings is 1. The number of benzene rings is 2. The van der Waals surface area contributed by atoms with Gasteiger partial charge in [0.15, 0.2) is 11.3 Å². The predicted molar refractivity (Wildman–Crippen MR) is 270 cm³/mol. The minimum atomic E-state index is -2.87. The third-order valence-corrected chi connectivity index (χ3v) is 13.7. The second kappa shape index (κ2) is 25.8. The Morgan fingerprint density at radius 3 is 1.72 bits per heavy atom. The molecule has 5 atom stereocenters. The molecule has 16 nitrogen and oxygen atoms in total. The van der Waals surface area contributed by atoms with Crippen LogP contribution < -0.4 is 25.4 Å². The van der Waals surface area contributed by atoms with Gasteiger partial charge in [-0.05, 0) is 94.0 Å². The molecule has 0 bridgehead atoms.